The largest absolute Gasteiger partial charge is 0.494 e. The highest BCUT2D eigenvalue weighted by atomic mass is 16.5. The minimum Gasteiger partial charge on any atom is -0.494 e. The molecule has 2 aromatic carbocycles. The molecule has 1 unspecified atom stereocenters. The van der Waals surface area contributed by atoms with Crippen molar-refractivity contribution in [1.29, 1.82) is 0 Å². The number of aromatic nitrogens is 6. The number of nitrogens with one attached hydrogen (secondary N) is 2. The lowest BCUT2D eigenvalue weighted by Crippen LogP contribution is -2.47. The number of aliphatic hydroxyl groups excluding tert-OH is 1. The molecular weight excluding hydrogens is 749 g/mol. The first-order valence-electron chi connectivity index (χ1n) is 18.7. The van der Waals surface area contributed by atoms with Crippen LogP contribution in [-0.4, -0.2) is 90.9 Å². The number of hydrogen-bond donors (Lipinski definition) is 6. The highest BCUT2D eigenvalue weighted by Crippen LogP contribution is 2.37. The molecule has 308 valence electrons. The lowest BCUT2D eigenvalue weighted by Gasteiger charge is -2.33. The van der Waals surface area contributed by atoms with Crippen LogP contribution in [0.15, 0.2) is 48.6 Å². The van der Waals surface area contributed by atoms with Crippen LogP contribution in [0, 0.1) is 13.8 Å². The number of carbonyl (C=O) groups is 4. The molecule has 5 aromatic rings. The summed E-state index contributed by atoms with van der Waals surface area (Å²) in [5, 5.41) is 24.1. The number of fused-ring (bicyclic) bond motifs is 1. The molecule has 4 amide bonds. The third-order valence-electron chi connectivity index (χ3n) is 9.21. The van der Waals surface area contributed by atoms with Crippen molar-refractivity contribution in [3.63, 3.8) is 0 Å². The molecule has 3 aromatic heterocycles. The minimum absolute atomic E-state index is 0.121. The first-order valence-corrected chi connectivity index (χ1v) is 18.7. The summed E-state index contributed by atoms with van der Waals surface area (Å²) in [6.45, 7) is 10.3. The zero-order valence-corrected chi connectivity index (χ0v) is 33.4. The fourth-order valence-corrected chi connectivity index (χ4v) is 6.49. The standard InChI is InChI=1S/C39H50N12O7/c1-7-50-29(16-22(3)46-50)37(55)43-24(5)48(33-27(40)18-25(35(41)53)20-31(33)57-6)12-9-10-13-49-34-28(19-26(36(42)54)21-32(34)58-15-11-14-52)44-39(49)45-38(56)30-17-23(4)47-51(30)8-2/h9-10,16-21,24,52H,7-8,11-15,40H2,1-6H3,(H2,41,53)(H2,42,54)(H,43,55)(H,44,45,56)/b10-9+. The number of ether oxygens (including phenoxy) is 2. The number of aliphatic hydroxyl groups is 1. The number of methoxy groups -OCH3 is 1. The Morgan fingerprint density at radius 2 is 1.50 bits per heavy atom. The second-order valence-corrected chi connectivity index (χ2v) is 13.4. The van der Waals surface area contributed by atoms with Gasteiger partial charge in [0.2, 0.25) is 17.8 Å². The molecule has 58 heavy (non-hydrogen) atoms. The lowest BCUT2D eigenvalue weighted by atomic mass is 10.1. The fraction of sp³-hybridized carbons (Fsp3) is 0.359. The van der Waals surface area contributed by atoms with Gasteiger partial charge in [0, 0.05) is 50.3 Å². The zero-order chi connectivity index (χ0) is 42.3. The number of primary amides is 2. The molecule has 1 atom stereocenters. The molecule has 0 aliphatic heterocycles. The number of hydrogen-bond acceptors (Lipinski definition) is 12. The van der Waals surface area contributed by atoms with Crippen molar-refractivity contribution >= 4 is 52.0 Å². The van der Waals surface area contributed by atoms with Gasteiger partial charge in [0.1, 0.15) is 34.1 Å². The summed E-state index contributed by atoms with van der Waals surface area (Å²) in [6.07, 6.45) is 3.26. The van der Waals surface area contributed by atoms with Gasteiger partial charge in [0.25, 0.3) is 11.8 Å². The average Bonchev–Trinajstić information content (AvgIpc) is 3.88. The van der Waals surface area contributed by atoms with E-state index >= 15 is 0 Å². The van der Waals surface area contributed by atoms with E-state index in [0.29, 0.717) is 59.0 Å². The number of benzene rings is 2. The first kappa shape index (κ1) is 42.3. The van der Waals surface area contributed by atoms with Gasteiger partial charge >= 0.3 is 0 Å². The smallest absolute Gasteiger partial charge is 0.276 e. The Hall–Kier alpha value is -6.89. The van der Waals surface area contributed by atoms with Crippen molar-refractivity contribution in [1.82, 2.24) is 34.4 Å². The molecule has 9 N–H and O–H groups in total. The normalized spacial score (nSPS) is 11.8. The van der Waals surface area contributed by atoms with Crippen molar-refractivity contribution in [3.05, 3.63) is 82.5 Å². The number of nitrogen functional groups attached to an aromatic ring is 1. The highest BCUT2D eigenvalue weighted by Gasteiger charge is 2.26. The van der Waals surface area contributed by atoms with Crippen LogP contribution >= 0.6 is 0 Å². The number of anilines is 3. The zero-order valence-electron chi connectivity index (χ0n) is 33.4. The third kappa shape index (κ3) is 9.21. The van der Waals surface area contributed by atoms with Gasteiger partial charge in [-0.15, -0.1) is 0 Å². The van der Waals surface area contributed by atoms with Crippen molar-refractivity contribution < 1.29 is 33.8 Å². The summed E-state index contributed by atoms with van der Waals surface area (Å²) in [4.78, 5) is 58.2. The molecule has 19 nitrogen and oxygen atoms in total. The van der Waals surface area contributed by atoms with Crippen LogP contribution in [-0.2, 0) is 19.6 Å². The second-order valence-electron chi connectivity index (χ2n) is 13.4. The number of rotatable bonds is 19. The van der Waals surface area contributed by atoms with Crippen molar-refractivity contribution in [2.24, 2.45) is 11.5 Å². The highest BCUT2D eigenvalue weighted by molar-refractivity contribution is 6.04. The van der Waals surface area contributed by atoms with Crippen molar-refractivity contribution in [3.8, 4) is 11.5 Å². The molecule has 0 bridgehead atoms. The number of aryl methyl sites for hydroxylation is 4. The van der Waals surface area contributed by atoms with E-state index in [0.717, 1.165) is 0 Å². The van der Waals surface area contributed by atoms with Gasteiger partial charge in [-0.25, -0.2) is 4.98 Å². The number of allylic oxidation sites excluding steroid dienone is 1. The second kappa shape index (κ2) is 18.4. The van der Waals surface area contributed by atoms with E-state index in [1.165, 1.54) is 31.4 Å². The molecule has 0 aliphatic rings. The molecular formula is C39H50N12O7. The van der Waals surface area contributed by atoms with Crippen molar-refractivity contribution in [2.75, 3.05) is 42.8 Å². The monoisotopic (exact) mass is 798 g/mol. The number of amides is 4. The summed E-state index contributed by atoms with van der Waals surface area (Å²) in [7, 11) is 1.43. The molecule has 19 heteroatoms. The number of nitrogens with two attached hydrogens (primary N) is 3. The van der Waals surface area contributed by atoms with Crippen LogP contribution in [0.2, 0.25) is 0 Å². The predicted molar refractivity (Wildman–Crippen MR) is 218 cm³/mol. The number of carbonyl (C=O) groups excluding carboxylic acids is 4. The van der Waals surface area contributed by atoms with E-state index < -0.39 is 23.9 Å². The Morgan fingerprint density at radius 3 is 2.09 bits per heavy atom. The average molecular weight is 799 g/mol. The van der Waals surface area contributed by atoms with Gasteiger partial charge in [-0.3, -0.25) is 33.9 Å². The summed E-state index contributed by atoms with van der Waals surface area (Å²) in [5.41, 5.74) is 21.5. The first-order chi connectivity index (χ1) is 27.7. The lowest BCUT2D eigenvalue weighted by molar-refractivity contribution is 0.0926. The molecule has 3 heterocycles. The van der Waals surface area contributed by atoms with Gasteiger partial charge in [-0.2, -0.15) is 10.2 Å². The molecule has 0 saturated carbocycles. The summed E-state index contributed by atoms with van der Waals surface area (Å²) in [6, 6.07) is 9.29. The van der Waals surface area contributed by atoms with E-state index in [2.05, 4.69) is 20.8 Å². The Bertz CT molecular complexity index is 2360. The summed E-state index contributed by atoms with van der Waals surface area (Å²) < 4.78 is 16.6. The molecule has 0 radical (unpaired) electrons. The number of nitrogens with zero attached hydrogens (tertiary/aromatic N) is 7. The maximum Gasteiger partial charge on any atom is 0.276 e. The minimum atomic E-state index is -0.703. The van der Waals surface area contributed by atoms with Gasteiger partial charge < -0.3 is 46.6 Å². The Morgan fingerprint density at radius 1 is 0.897 bits per heavy atom. The maximum absolute atomic E-state index is 13.7. The number of imidazole rings is 1. The summed E-state index contributed by atoms with van der Waals surface area (Å²) >= 11 is 0. The van der Waals surface area contributed by atoms with E-state index in [1.807, 2.05) is 26.0 Å². The molecule has 0 fully saturated rings. The molecule has 5 rings (SSSR count). The molecule has 0 spiro atoms. The Balaban J connectivity index is 1.56. The molecule has 0 aliphatic carbocycles. The van der Waals surface area contributed by atoms with Crippen LogP contribution in [0.25, 0.3) is 11.0 Å². The van der Waals surface area contributed by atoms with Crippen LogP contribution < -0.4 is 42.2 Å². The summed E-state index contributed by atoms with van der Waals surface area (Å²) in [5.74, 6) is -1.57. The predicted octanol–water partition coefficient (Wildman–Crippen LogP) is 2.73. The van der Waals surface area contributed by atoms with E-state index in [1.54, 1.807) is 51.7 Å². The Labute approximate surface area is 334 Å². The van der Waals surface area contributed by atoms with Crippen LogP contribution in [0.4, 0.5) is 17.3 Å². The topological polar surface area (TPSA) is 266 Å². The Kier molecular flexibility index (Phi) is 13.4. The van der Waals surface area contributed by atoms with Gasteiger partial charge in [-0.1, -0.05) is 12.2 Å². The van der Waals surface area contributed by atoms with Gasteiger partial charge in [0.05, 0.1) is 42.5 Å². The fourth-order valence-electron chi connectivity index (χ4n) is 6.49. The van der Waals surface area contributed by atoms with E-state index in [4.69, 9.17) is 31.7 Å². The molecule has 0 saturated heterocycles. The quantitative estimate of drug-likeness (QED) is 0.0305. The van der Waals surface area contributed by atoms with Crippen LogP contribution in [0.5, 0.6) is 11.5 Å². The SMILES string of the molecule is CCn1nc(C)cc1C(=O)Nc1nc2cc(C(N)=O)cc(OCCCO)c2n1C/C=C/CN(c1c(N)cc(C(N)=O)cc1OC)C(C)NC(=O)c1cc(C)nn1CC. The van der Waals surface area contributed by atoms with Gasteiger partial charge in [0.15, 0.2) is 0 Å². The maximum atomic E-state index is 13.7. The third-order valence-corrected chi connectivity index (χ3v) is 9.21. The van der Waals surface area contributed by atoms with E-state index in [-0.39, 0.29) is 66.5 Å². The van der Waals surface area contributed by atoms with E-state index in [9.17, 15) is 24.3 Å². The van der Waals surface area contributed by atoms with Crippen LogP contribution in [0.1, 0.15) is 80.3 Å². The van der Waals surface area contributed by atoms with Crippen LogP contribution in [0.3, 0.4) is 0 Å². The van der Waals surface area contributed by atoms with Gasteiger partial charge in [-0.05, 0) is 71.0 Å². The van der Waals surface area contributed by atoms with Crippen molar-refractivity contribution in [2.45, 2.75) is 66.8 Å².